The summed E-state index contributed by atoms with van der Waals surface area (Å²) in [4.78, 5) is 40.3. The molecule has 1 aromatic carbocycles. The fourth-order valence-electron chi connectivity index (χ4n) is 4.45. The molecule has 3 aliphatic heterocycles. The molecule has 7 heteroatoms. The molecule has 150 valence electrons. The van der Waals surface area contributed by atoms with Gasteiger partial charge in [-0.05, 0) is 62.5 Å². The summed E-state index contributed by atoms with van der Waals surface area (Å²) < 4.78 is 6.21. The summed E-state index contributed by atoms with van der Waals surface area (Å²) in [5, 5.41) is 2.33. The number of carbonyl (C=O) groups excluding carboxylic acids is 3. The summed E-state index contributed by atoms with van der Waals surface area (Å²) in [6.45, 7) is 5.74. The Morgan fingerprint density at radius 2 is 2.07 bits per heavy atom. The first-order valence-electron chi connectivity index (χ1n) is 10.2. The molecule has 1 N–H and O–H groups in total. The van der Waals surface area contributed by atoms with Crippen molar-refractivity contribution in [1.29, 1.82) is 0 Å². The van der Waals surface area contributed by atoms with Gasteiger partial charge >= 0.3 is 0 Å². The molecule has 3 heterocycles. The molecule has 3 aliphatic rings. The van der Waals surface area contributed by atoms with Crippen molar-refractivity contribution < 1.29 is 19.1 Å². The Morgan fingerprint density at radius 3 is 2.86 bits per heavy atom. The van der Waals surface area contributed by atoms with Crippen molar-refractivity contribution in [2.24, 2.45) is 0 Å². The predicted octanol–water partition coefficient (Wildman–Crippen LogP) is 1.70. The minimum absolute atomic E-state index is 0.150. The van der Waals surface area contributed by atoms with Gasteiger partial charge in [0.05, 0.1) is 0 Å². The fourth-order valence-corrected chi connectivity index (χ4v) is 4.45. The number of fused-ring (bicyclic) bond motifs is 1. The summed E-state index contributed by atoms with van der Waals surface area (Å²) in [7, 11) is 0. The van der Waals surface area contributed by atoms with Crippen LogP contribution in [0, 0.1) is 0 Å². The van der Waals surface area contributed by atoms with Gasteiger partial charge in [0, 0.05) is 25.1 Å². The van der Waals surface area contributed by atoms with Gasteiger partial charge in [0.15, 0.2) is 0 Å². The van der Waals surface area contributed by atoms with Crippen LogP contribution in [0.1, 0.15) is 54.9 Å². The third-order valence-electron chi connectivity index (χ3n) is 5.80. The zero-order chi connectivity index (χ0) is 19.7. The van der Waals surface area contributed by atoms with Crippen molar-refractivity contribution in [3.63, 3.8) is 0 Å². The number of hydrogen-bond acceptors (Lipinski definition) is 5. The lowest BCUT2D eigenvalue weighted by atomic mass is 10.0. The Hall–Kier alpha value is -2.41. The molecular weight excluding hydrogens is 358 g/mol. The van der Waals surface area contributed by atoms with Crippen LogP contribution in [0.4, 0.5) is 0 Å². The van der Waals surface area contributed by atoms with E-state index in [4.69, 9.17) is 4.74 Å². The Bertz CT molecular complexity index is 792. The summed E-state index contributed by atoms with van der Waals surface area (Å²) in [5.74, 6) is -0.0272. The molecule has 3 amide bonds. The molecule has 28 heavy (non-hydrogen) atoms. The van der Waals surface area contributed by atoms with E-state index in [1.54, 1.807) is 11.0 Å². The first-order valence-corrected chi connectivity index (χ1v) is 10.2. The lowest BCUT2D eigenvalue weighted by molar-refractivity contribution is -0.136. The van der Waals surface area contributed by atoms with E-state index in [-0.39, 0.29) is 30.2 Å². The minimum Gasteiger partial charge on any atom is -0.489 e. The first-order chi connectivity index (χ1) is 13.5. The van der Waals surface area contributed by atoms with Crippen molar-refractivity contribution in [2.45, 2.75) is 57.7 Å². The summed E-state index contributed by atoms with van der Waals surface area (Å²) in [5.41, 5.74) is 1.50. The molecule has 2 fully saturated rings. The molecule has 0 aliphatic carbocycles. The molecule has 0 radical (unpaired) electrons. The van der Waals surface area contributed by atoms with E-state index in [0.717, 1.165) is 50.2 Å². The highest BCUT2D eigenvalue weighted by molar-refractivity contribution is 6.05. The maximum Gasteiger partial charge on any atom is 0.255 e. The van der Waals surface area contributed by atoms with Gasteiger partial charge in [0.1, 0.15) is 17.9 Å². The molecule has 2 saturated heterocycles. The van der Waals surface area contributed by atoms with E-state index in [0.29, 0.717) is 18.5 Å². The number of piperidine rings is 2. The lowest BCUT2D eigenvalue weighted by Gasteiger charge is -2.32. The summed E-state index contributed by atoms with van der Waals surface area (Å²) in [6.07, 6.45) is 4.13. The van der Waals surface area contributed by atoms with Gasteiger partial charge < -0.3 is 9.64 Å². The van der Waals surface area contributed by atoms with Gasteiger partial charge in [-0.25, -0.2) is 0 Å². The zero-order valence-electron chi connectivity index (χ0n) is 16.3. The normalized spacial score (nSPS) is 25.6. The molecule has 7 nitrogen and oxygen atoms in total. The second-order valence-corrected chi connectivity index (χ2v) is 7.90. The number of benzene rings is 1. The third kappa shape index (κ3) is 3.76. The van der Waals surface area contributed by atoms with E-state index >= 15 is 0 Å². The van der Waals surface area contributed by atoms with Gasteiger partial charge in [0.2, 0.25) is 11.8 Å². The summed E-state index contributed by atoms with van der Waals surface area (Å²) in [6, 6.07) is 5.00. The van der Waals surface area contributed by atoms with Gasteiger partial charge in [0.25, 0.3) is 5.91 Å². The highest BCUT2D eigenvalue weighted by Crippen LogP contribution is 2.31. The fraction of sp³-hybridized carbons (Fsp3) is 0.571. The Kier molecular flexibility index (Phi) is 5.35. The van der Waals surface area contributed by atoms with Crippen LogP contribution < -0.4 is 10.1 Å². The van der Waals surface area contributed by atoms with Gasteiger partial charge in [-0.1, -0.05) is 6.92 Å². The van der Waals surface area contributed by atoms with E-state index in [2.05, 4.69) is 17.1 Å². The van der Waals surface area contributed by atoms with E-state index in [9.17, 15) is 14.4 Å². The molecule has 0 bridgehead atoms. The van der Waals surface area contributed by atoms with Crippen LogP contribution in [-0.2, 0) is 16.1 Å². The molecule has 1 aromatic rings. The van der Waals surface area contributed by atoms with E-state index in [1.165, 1.54) is 0 Å². The third-order valence-corrected chi connectivity index (χ3v) is 5.80. The predicted molar refractivity (Wildman–Crippen MR) is 103 cm³/mol. The average Bonchev–Trinajstić information content (AvgIpc) is 2.98. The molecule has 4 rings (SSSR count). The first kappa shape index (κ1) is 18.9. The number of amides is 3. The molecule has 0 aromatic heterocycles. The number of hydrogen-bond donors (Lipinski definition) is 1. The Morgan fingerprint density at radius 1 is 1.21 bits per heavy atom. The van der Waals surface area contributed by atoms with Crippen molar-refractivity contribution in [3.05, 3.63) is 29.3 Å². The van der Waals surface area contributed by atoms with Crippen LogP contribution in [0.5, 0.6) is 5.75 Å². The van der Waals surface area contributed by atoms with Crippen LogP contribution in [0.2, 0.25) is 0 Å². The Balaban J connectivity index is 1.44. The van der Waals surface area contributed by atoms with E-state index in [1.807, 2.05) is 12.1 Å². The van der Waals surface area contributed by atoms with Crippen LogP contribution in [0.25, 0.3) is 0 Å². The van der Waals surface area contributed by atoms with Crippen LogP contribution in [0.3, 0.4) is 0 Å². The quantitative estimate of drug-likeness (QED) is 0.781. The highest BCUT2D eigenvalue weighted by atomic mass is 16.5. The maximum absolute atomic E-state index is 12.8. The zero-order valence-corrected chi connectivity index (χ0v) is 16.3. The topological polar surface area (TPSA) is 79.0 Å². The van der Waals surface area contributed by atoms with Crippen LogP contribution in [-0.4, -0.2) is 59.3 Å². The van der Waals surface area contributed by atoms with Gasteiger partial charge in [-0.2, -0.15) is 0 Å². The summed E-state index contributed by atoms with van der Waals surface area (Å²) >= 11 is 0. The number of rotatable bonds is 5. The number of ether oxygens (including phenoxy) is 1. The maximum atomic E-state index is 12.8. The number of likely N-dealkylation sites (tertiary alicyclic amines) is 1. The lowest BCUT2D eigenvalue weighted by Crippen LogP contribution is -2.52. The van der Waals surface area contributed by atoms with Crippen molar-refractivity contribution in [1.82, 2.24) is 15.1 Å². The average molecular weight is 385 g/mol. The number of nitrogens with zero attached hydrogens (tertiary/aromatic N) is 2. The number of carbonyl (C=O) groups is 3. The SMILES string of the molecule is CCCN1CCCC(Oc2ccc3c(c2)CN(C2CCC(=O)NC2=O)C3=O)C1. The smallest absolute Gasteiger partial charge is 0.255 e. The van der Waals surface area contributed by atoms with Crippen LogP contribution >= 0.6 is 0 Å². The minimum atomic E-state index is -0.581. The number of nitrogens with one attached hydrogen (secondary N) is 1. The number of imide groups is 1. The van der Waals surface area contributed by atoms with Gasteiger partial charge in [-0.15, -0.1) is 0 Å². The largest absolute Gasteiger partial charge is 0.489 e. The molecule has 2 atom stereocenters. The van der Waals surface area contributed by atoms with Crippen molar-refractivity contribution >= 4 is 17.7 Å². The van der Waals surface area contributed by atoms with E-state index < -0.39 is 6.04 Å². The molecule has 2 unspecified atom stereocenters. The second kappa shape index (κ2) is 7.91. The highest BCUT2D eigenvalue weighted by Gasteiger charge is 2.39. The second-order valence-electron chi connectivity index (χ2n) is 7.90. The molecule has 0 spiro atoms. The van der Waals surface area contributed by atoms with Crippen molar-refractivity contribution in [3.8, 4) is 5.75 Å². The van der Waals surface area contributed by atoms with Crippen LogP contribution in [0.15, 0.2) is 18.2 Å². The monoisotopic (exact) mass is 385 g/mol. The van der Waals surface area contributed by atoms with Gasteiger partial charge in [-0.3, -0.25) is 24.6 Å². The standard InChI is InChI=1S/C21H27N3O4/c1-2-9-23-10-3-4-16(13-23)28-15-5-6-17-14(11-15)12-24(21(17)27)18-7-8-19(25)22-20(18)26/h5-6,11,16,18H,2-4,7-10,12-13H2,1H3,(H,22,25,26). The molecular formula is C21H27N3O4. The Labute approximate surface area is 165 Å². The molecule has 0 saturated carbocycles. The van der Waals surface area contributed by atoms with Crippen molar-refractivity contribution in [2.75, 3.05) is 19.6 Å².